The molecule has 1 aliphatic rings. The Morgan fingerprint density at radius 2 is 2.15 bits per heavy atom. The van der Waals surface area contributed by atoms with Crippen LogP contribution in [0.1, 0.15) is 32.1 Å². The smallest absolute Gasteiger partial charge is 0.225 e. The van der Waals surface area contributed by atoms with E-state index in [1.807, 2.05) is 0 Å². The topological polar surface area (TPSA) is 58.4 Å². The van der Waals surface area contributed by atoms with E-state index in [1.165, 1.54) is 43.9 Å². The van der Waals surface area contributed by atoms with Crippen LogP contribution in [0, 0.1) is 5.82 Å². The molecule has 1 amide bonds. The van der Waals surface area contributed by atoms with Crippen molar-refractivity contribution in [3.63, 3.8) is 0 Å². The second-order valence-electron chi connectivity index (χ2n) is 5.45. The van der Waals surface area contributed by atoms with Crippen LogP contribution in [0.4, 0.5) is 15.8 Å². The number of hydrogen-bond acceptors (Lipinski definition) is 3. The number of anilines is 2. The number of carbonyl (C=O) groups excluding carboxylic acids is 1. The average Bonchev–Trinajstić information content (AvgIpc) is 2.94. The number of nitrogens with two attached hydrogens (primary N) is 1. The molecule has 0 atom stereocenters. The van der Waals surface area contributed by atoms with Gasteiger partial charge in [0, 0.05) is 24.7 Å². The van der Waals surface area contributed by atoms with Gasteiger partial charge in [0.2, 0.25) is 5.91 Å². The molecule has 0 radical (unpaired) electrons. The molecule has 0 spiro atoms. The van der Waals surface area contributed by atoms with Crippen LogP contribution in [0.5, 0.6) is 0 Å². The molecule has 1 saturated carbocycles. The van der Waals surface area contributed by atoms with Crippen molar-refractivity contribution in [2.24, 2.45) is 0 Å². The van der Waals surface area contributed by atoms with Crippen LogP contribution in [0.3, 0.4) is 0 Å². The molecule has 4 nitrogen and oxygen atoms in total. The number of amides is 1. The number of halogens is 1. The summed E-state index contributed by atoms with van der Waals surface area (Å²) in [5, 5.41) is 2.74. The first-order valence-electron chi connectivity index (χ1n) is 7.11. The van der Waals surface area contributed by atoms with Crippen LogP contribution in [-0.2, 0) is 4.79 Å². The zero-order chi connectivity index (χ0) is 14.5. The number of carbonyl (C=O) groups is 1. The van der Waals surface area contributed by atoms with Crippen molar-refractivity contribution in [3.05, 3.63) is 24.0 Å². The van der Waals surface area contributed by atoms with E-state index in [4.69, 9.17) is 5.73 Å². The van der Waals surface area contributed by atoms with Gasteiger partial charge in [0.15, 0.2) is 0 Å². The van der Waals surface area contributed by atoms with Gasteiger partial charge in [0.05, 0.1) is 5.69 Å². The fourth-order valence-electron chi connectivity index (χ4n) is 2.65. The Morgan fingerprint density at radius 3 is 2.80 bits per heavy atom. The Morgan fingerprint density at radius 1 is 1.45 bits per heavy atom. The Hall–Kier alpha value is -1.62. The Labute approximate surface area is 119 Å². The lowest BCUT2D eigenvalue weighted by atomic mass is 10.2. The van der Waals surface area contributed by atoms with Crippen molar-refractivity contribution in [1.29, 1.82) is 0 Å². The summed E-state index contributed by atoms with van der Waals surface area (Å²) >= 11 is 0. The molecular formula is C15H22FN3O. The number of nitrogens with zero attached hydrogens (tertiary/aromatic N) is 1. The van der Waals surface area contributed by atoms with Crippen LogP contribution in [0.2, 0.25) is 0 Å². The lowest BCUT2D eigenvalue weighted by molar-refractivity contribution is -0.116. The van der Waals surface area contributed by atoms with E-state index in [1.54, 1.807) is 0 Å². The van der Waals surface area contributed by atoms with Gasteiger partial charge in [-0.3, -0.25) is 4.79 Å². The highest BCUT2D eigenvalue weighted by molar-refractivity contribution is 5.91. The van der Waals surface area contributed by atoms with Crippen LogP contribution in [0.15, 0.2) is 18.2 Å². The molecule has 1 fully saturated rings. The predicted molar refractivity (Wildman–Crippen MR) is 78.9 cm³/mol. The van der Waals surface area contributed by atoms with E-state index < -0.39 is 5.82 Å². The maximum atomic E-state index is 13.0. The number of nitrogens with one attached hydrogen (secondary N) is 1. The van der Waals surface area contributed by atoms with Crippen LogP contribution in [0.25, 0.3) is 0 Å². The van der Waals surface area contributed by atoms with Crippen molar-refractivity contribution >= 4 is 17.3 Å². The molecule has 1 aromatic rings. The van der Waals surface area contributed by atoms with E-state index >= 15 is 0 Å². The number of benzene rings is 1. The van der Waals surface area contributed by atoms with Gasteiger partial charge >= 0.3 is 0 Å². The normalized spacial score (nSPS) is 15.8. The number of nitrogen functional groups attached to an aromatic ring is 1. The minimum absolute atomic E-state index is 0.0471. The molecule has 110 valence electrons. The minimum Gasteiger partial charge on any atom is -0.396 e. The van der Waals surface area contributed by atoms with Crippen molar-refractivity contribution in [1.82, 2.24) is 4.90 Å². The molecule has 3 N–H and O–H groups in total. The summed E-state index contributed by atoms with van der Waals surface area (Å²) in [6.45, 7) is 0.743. The standard InChI is InChI=1S/C15H22FN3O/c1-19(12-4-2-3-5-12)9-8-15(20)18-11-6-7-13(16)14(17)10-11/h6-7,10,12H,2-5,8-9,17H2,1H3,(H,18,20). The van der Waals surface area contributed by atoms with E-state index in [2.05, 4.69) is 17.3 Å². The Bertz CT molecular complexity index is 472. The van der Waals surface area contributed by atoms with E-state index in [9.17, 15) is 9.18 Å². The lowest BCUT2D eigenvalue weighted by Gasteiger charge is -2.23. The summed E-state index contributed by atoms with van der Waals surface area (Å²) in [4.78, 5) is 14.1. The van der Waals surface area contributed by atoms with Gasteiger partial charge in [-0.05, 0) is 38.1 Å². The minimum atomic E-state index is -0.469. The first-order valence-corrected chi connectivity index (χ1v) is 7.11. The molecule has 20 heavy (non-hydrogen) atoms. The molecule has 5 heteroatoms. The molecule has 0 aromatic heterocycles. The summed E-state index contributed by atoms with van der Waals surface area (Å²) in [5.74, 6) is -0.537. The third-order valence-electron chi connectivity index (χ3n) is 3.92. The molecule has 0 saturated heterocycles. The summed E-state index contributed by atoms with van der Waals surface area (Å²) in [6, 6.07) is 4.83. The second kappa shape index (κ2) is 6.70. The number of rotatable bonds is 5. The SMILES string of the molecule is CN(CCC(=O)Nc1ccc(F)c(N)c1)C1CCCC1. The van der Waals surface area contributed by atoms with Crippen molar-refractivity contribution in [3.8, 4) is 0 Å². The van der Waals surface area contributed by atoms with Gasteiger partial charge in [-0.2, -0.15) is 0 Å². The Balaban J connectivity index is 1.78. The first-order chi connectivity index (χ1) is 9.56. The first kappa shape index (κ1) is 14.8. The maximum Gasteiger partial charge on any atom is 0.225 e. The van der Waals surface area contributed by atoms with Crippen molar-refractivity contribution < 1.29 is 9.18 Å². The molecule has 1 aromatic carbocycles. The lowest BCUT2D eigenvalue weighted by Crippen LogP contribution is -2.32. The highest BCUT2D eigenvalue weighted by Gasteiger charge is 2.19. The summed E-state index contributed by atoms with van der Waals surface area (Å²) in [7, 11) is 2.07. The molecule has 0 bridgehead atoms. The quantitative estimate of drug-likeness (QED) is 0.815. The molecule has 0 aliphatic heterocycles. The van der Waals surface area contributed by atoms with Crippen LogP contribution >= 0.6 is 0 Å². The maximum absolute atomic E-state index is 13.0. The fraction of sp³-hybridized carbons (Fsp3) is 0.533. The molecule has 2 rings (SSSR count). The predicted octanol–water partition coefficient (Wildman–Crippen LogP) is 2.61. The van der Waals surface area contributed by atoms with E-state index in [0.29, 0.717) is 18.2 Å². The van der Waals surface area contributed by atoms with E-state index in [-0.39, 0.29) is 11.6 Å². The Kier molecular flexibility index (Phi) is 4.95. The van der Waals surface area contributed by atoms with Crippen molar-refractivity contribution in [2.45, 2.75) is 38.1 Å². The van der Waals surface area contributed by atoms with Gasteiger partial charge in [0.1, 0.15) is 5.82 Å². The van der Waals surface area contributed by atoms with Crippen LogP contribution in [-0.4, -0.2) is 30.4 Å². The van der Waals surface area contributed by atoms with Gasteiger partial charge in [-0.25, -0.2) is 4.39 Å². The third kappa shape index (κ3) is 3.93. The highest BCUT2D eigenvalue weighted by Crippen LogP contribution is 2.22. The average molecular weight is 279 g/mol. The molecule has 0 unspecified atom stereocenters. The third-order valence-corrected chi connectivity index (χ3v) is 3.92. The zero-order valence-corrected chi connectivity index (χ0v) is 11.9. The molecular weight excluding hydrogens is 257 g/mol. The zero-order valence-electron chi connectivity index (χ0n) is 11.9. The highest BCUT2D eigenvalue weighted by atomic mass is 19.1. The summed E-state index contributed by atoms with van der Waals surface area (Å²) in [6.07, 6.45) is 5.47. The summed E-state index contributed by atoms with van der Waals surface area (Å²) in [5.41, 5.74) is 6.05. The number of hydrogen-bond donors (Lipinski definition) is 2. The monoisotopic (exact) mass is 279 g/mol. The van der Waals surface area contributed by atoms with Gasteiger partial charge < -0.3 is 16.0 Å². The summed E-state index contributed by atoms with van der Waals surface area (Å²) < 4.78 is 13.0. The van der Waals surface area contributed by atoms with Gasteiger partial charge in [-0.15, -0.1) is 0 Å². The fourth-order valence-corrected chi connectivity index (χ4v) is 2.65. The largest absolute Gasteiger partial charge is 0.396 e. The van der Waals surface area contributed by atoms with Crippen molar-refractivity contribution in [2.75, 3.05) is 24.6 Å². The molecule has 1 aliphatic carbocycles. The van der Waals surface area contributed by atoms with Gasteiger partial charge in [0.25, 0.3) is 0 Å². The van der Waals surface area contributed by atoms with E-state index in [0.717, 1.165) is 6.54 Å². The van der Waals surface area contributed by atoms with Crippen LogP contribution < -0.4 is 11.1 Å². The second-order valence-corrected chi connectivity index (χ2v) is 5.45. The van der Waals surface area contributed by atoms with Gasteiger partial charge in [-0.1, -0.05) is 12.8 Å². The molecule has 0 heterocycles.